The number of piperidine rings is 1. The Morgan fingerprint density at radius 3 is 2.42 bits per heavy atom. The minimum Gasteiger partial charge on any atom is -0.326 e. The SMILES string of the molecule is CC(C)N1[C@H]2CC[C@H](N)[C@@H]1CC2. The molecule has 12 heavy (non-hydrogen) atoms. The molecular weight excluding hydrogens is 148 g/mol. The van der Waals surface area contributed by atoms with E-state index in [9.17, 15) is 0 Å². The molecule has 0 unspecified atom stereocenters. The van der Waals surface area contributed by atoms with Crippen LogP contribution in [0.1, 0.15) is 39.5 Å². The molecular formula is C10H20N2. The van der Waals surface area contributed by atoms with Crippen molar-refractivity contribution in [2.75, 3.05) is 0 Å². The number of rotatable bonds is 1. The van der Waals surface area contributed by atoms with E-state index in [1.165, 1.54) is 25.7 Å². The fourth-order valence-corrected chi connectivity index (χ4v) is 3.04. The van der Waals surface area contributed by atoms with Gasteiger partial charge in [0.05, 0.1) is 0 Å². The molecule has 2 bridgehead atoms. The smallest absolute Gasteiger partial charge is 0.0253 e. The van der Waals surface area contributed by atoms with Gasteiger partial charge in [0.2, 0.25) is 0 Å². The Bertz CT molecular complexity index is 167. The van der Waals surface area contributed by atoms with E-state index in [2.05, 4.69) is 18.7 Å². The van der Waals surface area contributed by atoms with Gasteiger partial charge in [0.15, 0.2) is 0 Å². The van der Waals surface area contributed by atoms with Gasteiger partial charge in [-0.15, -0.1) is 0 Å². The Kier molecular flexibility index (Phi) is 2.13. The van der Waals surface area contributed by atoms with Crippen LogP contribution >= 0.6 is 0 Å². The van der Waals surface area contributed by atoms with Crippen molar-refractivity contribution in [1.29, 1.82) is 0 Å². The van der Waals surface area contributed by atoms with E-state index in [-0.39, 0.29) is 0 Å². The molecule has 0 aromatic rings. The molecule has 2 nitrogen and oxygen atoms in total. The second-order valence-corrected chi connectivity index (χ2v) is 4.58. The summed E-state index contributed by atoms with van der Waals surface area (Å²) in [6.07, 6.45) is 5.30. The number of hydrogen-bond donors (Lipinski definition) is 1. The first-order valence-corrected chi connectivity index (χ1v) is 5.23. The van der Waals surface area contributed by atoms with Gasteiger partial charge in [0.1, 0.15) is 0 Å². The summed E-state index contributed by atoms with van der Waals surface area (Å²) in [6.45, 7) is 4.59. The van der Waals surface area contributed by atoms with Crippen LogP contribution in [0.5, 0.6) is 0 Å². The minimum absolute atomic E-state index is 0.450. The van der Waals surface area contributed by atoms with Crippen molar-refractivity contribution in [3.05, 3.63) is 0 Å². The molecule has 2 heteroatoms. The lowest BCUT2D eigenvalue weighted by molar-refractivity contribution is 0.0893. The van der Waals surface area contributed by atoms with Gasteiger partial charge in [-0.3, -0.25) is 4.90 Å². The summed E-state index contributed by atoms with van der Waals surface area (Å²) < 4.78 is 0. The maximum absolute atomic E-state index is 6.10. The van der Waals surface area contributed by atoms with E-state index >= 15 is 0 Å². The van der Waals surface area contributed by atoms with Gasteiger partial charge in [0.25, 0.3) is 0 Å². The topological polar surface area (TPSA) is 29.3 Å². The summed E-state index contributed by atoms with van der Waals surface area (Å²) in [4.78, 5) is 2.65. The Hall–Kier alpha value is -0.0800. The molecule has 0 spiro atoms. The molecule has 0 aromatic heterocycles. The highest BCUT2D eigenvalue weighted by Gasteiger charge is 2.41. The summed E-state index contributed by atoms with van der Waals surface area (Å²) >= 11 is 0. The quantitative estimate of drug-likeness (QED) is 0.640. The van der Waals surface area contributed by atoms with Crippen LogP contribution in [0, 0.1) is 0 Å². The fourth-order valence-electron chi connectivity index (χ4n) is 3.04. The van der Waals surface area contributed by atoms with Gasteiger partial charge < -0.3 is 5.73 Å². The molecule has 0 aliphatic carbocycles. The van der Waals surface area contributed by atoms with Crippen LogP contribution in [0.15, 0.2) is 0 Å². The molecule has 0 saturated carbocycles. The molecule has 2 heterocycles. The lowest BCUT2D eigenvalue weighted by Crippen LogP contribution is -2.53. The summed E-state index contributed by atoms with van der Waals surface area (Å²) in [7, 11) is 0. The van der Waals surface area contributed by atoms with Crippen molar-refractivity contribution in [3.8, 4) is 0 Å². The highest BCUT2D eigenvalue weighted by atomic mass is 15.3. The van der Waals surface area contributed by atoms with Crippen LogP contribution in [0.2, 0.25) is 0 Å². The van der Waals surface area contributed by atoms with Gasteiger partial charge in [-0.25, -0.2) is 0 Å². The van der Waals surface area contributed by atoms with E-state index in [0.717, 1.165) is 6.04 Å². The largest absolute Gasteiger partial charge is 0.326 e. The standard InChI is InChI=1S/C10H20N2/c1-7(2)12-8-3-5-9(11)10(12)6-4-8/h7-10H,3-6,11H2,1-2H3/t8-,9-,10-/m0/s1. The molecule has 2 N–H and O–H groups in total. The van der Waals surface area contributed by atoms with Crippen LogP contribution in [0.25, 0.3) is 0 Å². The third kappa shape index (κ3) is 1.17. The Morgan fingerprint density at radius 2 is 1.83 bits per heavy atom. The number of nitrogens with two attached hydrogens (primary N) is 1. The fraction of sp³-hybridized carbons (Fsp3) is 1.00. The molecule has 2 aliphatic heterocycles. The average molecular weight is 168 g/mol. The van der Waals surface area contributed by atoms with Gasteiger partial charge in [-0.2, -0.15) is 0 Å². The second-order valence-electron chi connectivity index (χ2n) is 4.58. The lowest BCUT2D eigenvalue weighted by atomic mass is 9.97. The Labute approximate surface area is 75.1 Å². The highest BCUT2D eigenvalue weighted by Crippen LogP contribution is 2.36. The van der Waals surface area contributed by atoms with Gasteiger partial charge in [0, 0.05) is 24.2 Å². The van der Waals surface area contributed by atoms with Crippen molar-refractivity contribution >= 4 is 0 Å². The van der Waals surface area contributed by atoms with E-state index in [4.69, 9.17) is 5.73 Å². The first kappa shape index (κ1) is 8.52. The third-order valence-electron chi connectivity index (χ3n) is 3.52. The Morgan fingerprint density at radius 1 is 1.17 bits per heavy atom. The maximum Gasteiger partial charge on any atom is 0.0253 e. The molecule has 2 rings (SSSR count). The number of hydrogen-bond acceptors (Lipinski definition) is 2. The highest BCUT2D eigenvalue weighted by molar-refractivity contribution is 4.99. The average Bonchev–Trinajstić information content (AvgIpc) is 2.35. The van der Waals surface area contributed by atoms with E-state index in [1.54, 1.807) is 0 Å². The monoisotopic (exact) mass is 168 g/mol. The van der Waals surface area contributed by atoms with Crippen molar-refractivity contribution in [1.82, 2.24) is 4.90 Å². The van der Waals surface area contributed by atoms with Gasteiger partial charge in [-0.1, -0.05) is 0 Å². The first-order valence-electron chi connectivity index (χ1n) is 5.23. The van der Waals surface area contributed by atoms with E-state index in [0.29, 0.717) is 18.1 Å². The molecule has 0 aromatic carbocycles. The number of nitrogens with zero attached hydrogens (tertiary/aromatic N) is 1. The zero-order valence-corrected chi connectivity index (χ0v) is 8.16. The van der Waals surface area contributed by atoms with Crippen LogP contribution in [0.4, 0.5) is 0 Å². The predicted molar refractivity (Wildman–Crippen MR) is 51.0 cm³/mol. The zero-order chi connectivity index (χ0) is 8.72. The van der Waals surface area contributed by atoms with E-state index < -0.39 is 0 Å². The molecule has 70 valence electrons. The third-order valence-corrected chi connectivity index (χ3v) is 3.52. The minimum atomic E-state index is 0.450. The van der Waals surface area contributed by atoms with Crippen molar-refractivity contribution < 1.29 is 0 Å². The molecule has 3 atom stereocenters. The molecule has 0 radical (unpaired) electrons. The van der Waals surface area contributed by atoms with Crippen LogP contribution < -0.4 is 5.73 Å². The van der Waals surface area contributed by atoms with Crippen molar-refractivity contribution in [3.63, 3.8) is 0 Å². The second kappa shape index (κ2) is 3.00. The first-order chi connectivity index (χ1) is 5.70. The molecule has 2 saturated heterocycles. The summed E-state index contributed by atoms with van der Waals surface area (Å²) in [5, 5.41) is 0. The van der Waals surface area contributed by atoms with Crippen molar-refractivity contribution in [2.24, 2.45) is 5.73 Å². The van der Waals surface area contributed by atoms with Crippen LogP contribution in [-0.4, -0.2) is 29.1 Å². The van der Waals surface area contributed by atoms with Crippen molar-refractivity contribution in [2.45, 2.75) is 63.7 Å². The maximum atomic E-state index is 6.10. The summed E-state index contributed by atoms with van der Waals surface area (Å²) in [6, 6.07) is 2.69. The lowest BCUT2D eigenvalue weighted by Gasteiger charge is -2.41. The summed E-state index contributed by atoms with van der Waals surface area (Å²) in [5.41, 5.74) is 6.10. The Balaban J connectivity index is 2.13. The normalized spacial score (nSPS) is 42.5. The molecule has 2 fully saturated rings. The van der Waals surface area contributed by atoms with Crippen LogP contribution in [0.3, 0.4) is 0 Å². The molecule has 2 aliphatic rings. The van der Waals surface area contributed by atoms with Crippen LogP contribution in [-0.2, 0) is 0 Å². The molecule has 0 amide bonds. The summed E-state index contributed by atoms with van der Waals surface area (Å²) in [5.74, 6) is 0. The number of fused-ring (bicyclic) bond motifs is 2. The van der Waals surface area contributed by atoms with E-state index in [1.807, 2.05) is 0 Å². The predicted octanol–water partition coefficient (Wildman–Crippen LogP) is 1.35. The van der Waals surface area contributed by atoms with Gasteiger partial charge >= 0.3 is 0 Å². The van der Waals surface area contributed by atoms with Gasteiger partial charge in [-0.05, 0) is 39.5 Å². The zero-order valence-electron chi connectivity index (χ0n) is 8.16.